The summed E-state index contributed by atoms with van der Waals surface area (Å²) in [7, 11) is 0. The van der Waals surface area contributed by atoms with Crippen molar-refractivity contribution in [2.24, 2.45) is 5.92 Å². The molecule has 2 aromatic carbocycles. The summed E-state index contributed by atoms with van der Waals surface area (Å²) in [5.41, 5.74) is -1.19. The fourth-order valence-electron chi connectivity index (χ4n) is 3.80. The molecule has 0 spiro atoms. The van der Waals surface area contributed by atoms with E-state index in [0.29, 0.717) is 10.1 Å². The number of benzene rings is 2. The van der Waals surface area contributed by atoms with Crippen LogP contribution in [0.2, 0.25) is 0 Å². The van der Waals surface area contributed by atoms with Gasteiger partial charge < -0.3 is 15.4 Å². The van der Waals surface area contributed by atoms with Crippen LogP contribution in [-0.4, -0.2) is 51.6 Å². The van der Waals surface area contributed by atoms with Crippen LogP contribution in [0.15, 0.2) is 65.6 Å². The molecule has 0 aliphatic rings. The standard InChI is InChI=1S/C28H25F6N5O6/c1-15(2)21(22(41)27(29,30)31)38-20(40)13-39-23(17-8-10-18(11-9-17)36-25(43)28(32,33)34)35-12-19(24(39)42)37-26(44)45-14-16-6-4-3-5-7-16/h3-12,15,21H,13-14H2,1-2H3,(H,36,43)(H,37,44)(H,38,40). The summed E-state index contributed by atoms with van der Waals surface area (Å²) in [4.78, 5) is 65.8. The highest BCUT2D eigenvalue weighted by atomic mass is 19.4. The van der Waals surface area contributed by atoms with Crippen molar-refractivity contribution >= 4 is 35.1 Å². The predicted molar refractivity (Wildman–Crippen MR) is 147 cm³/mol. The number of amides is 3. The van der Waals surface area contributed by atoms with E-state index in [4.69, 9.17) is 4.74 Å². The summed E-state index contributed by atoms with van der Waals surface area (Å²) in [6, 6.07) is 10.9. The number of rotatable bonds is 10. The SMILES string of the molecule is CC(C)C(NC(=O)Cn1c(-c2ccc(NC(=O)C(F)(F)F)cc2)ncc(NC(=O)OCc2ccccc2)c1=O)C(=O)C(F)(F)F. The van der Waals surface area contributed by atoms with Crippen LogP contribution in [0.1, 0.15) is 19.4 Å². The fourth-order valence-corrected chi connectivity index (χ4v) is 3.80. The zero-order valence-electron chi connectivity index (χ0n) is 23.5. The predicted octanol–water partition coefficient (Wildman–Crippen LogP) is 4.43. The molecule has 3 amide bonds. The Bertz CT molecular complexity index is 1610. The quantitative estimate of drug-likeness (QED) is 0.278. The third-order valence-electron chi connectivity index (χ3n) is 6.00. The molecule has 0 aliphatic carbocycles. The second kappa shape index (κ2) is 14.0. The molecule has 0 aliphatic heterocycles. The highest BCUT2D eigenvalue weighted by Gasteiger charge is 2.45. The van der Waals surface area contributed by atoms with Crippen molar-refractivity contribution in [3.8, 4) is 11.4 Å². The first-order valence-electron chi connectivity index (χ1n) is 12.9. The number of halogens is 6. The molecule has 3 aromatic rings. The molecule has 1 aromatic heterocycles. The molecule has 0 saturated carbocycles. The van der Waals surface area contributed by atoms with E-state index in [1.54, 1.807) is 35.6 Å². The van der Waals surface area contributed by atoms with Gasteiger partial charge in [0.25, 0.3) is 11.3 Å². The van der Waals surface area contributed by atoms with Gasteiger partial charge in [0, 0.05) is 11.3 Å². The van der Waals surface area contributed by atoms with Crippen molar-refractivity contribution in [3.63, 3.8) is 0 Å². The Morgan fingerprint density at radius 1 is 0.889 bits per heavy atom. The minimum Gasteiger partial charge on any atom is -0.444 e. The summed E-state index contributed by atoms with van der Waals surface area (Å²) in [6.07, 6.45) is -10.6. The minimum absolute atomic E-state index is 0.0230. The summed E-state index contributed by atoms with van der Waals surface area (Å²) < 4.78 is 82.8. The maximum Gasteiger partial charge on any atom is 0.471 e. The maximum absolute atomic E-state index is 13.4. The Labute approximate surface area is 250 Å². The molecule has 0 saturated heterocycles. The van der Waals surface area contributed by atoms with Crippen LogP contribution < -0.4 is 21.5 Å². The van der Waals surface area contributed by atoms with Gasteiger partial charge >= 0.3 is 24.4 Å². The third kappa shape index (κ3) is 9.38. The van der Waals surface area contributed by atoms with Crippen LogP contribution >= 0.6 is 0 Å². The number of ether oxygens (including phenoxy) is 1. The van der Waals surface area contributed by atoms with Gasteiger partial charge in [-0.05, 0) is 35.7 Å². The van der Waals surface area contributed by atoms with Crippen molar-refractivity contribution in [3.05, 3.63) is 76.7 Å². The topological polar surface area (TPSA) is 148 Å². The first kappa shape index (κ1) is 34.3. The van der Waals surface area contributed by atoms with E-state index < -0.39 is 65.8 Å². The zero-order chi connectivity index (χ0) is 33.5. The smallest absolute Gasteiger partial charge is 0.444 e. The largest absolute Gasteiger partial charge is 0.471 e. The lowest BCUT2D eigenvalue weighted by Crippen LogP contribution is -2.51. The number of carbonyl (C=O) groups is 4. The number of nitrogens with one attached hydrogen (secondary N) is 3. The number of carbonyl (C=O) groups excluding carboxylic acids is 4. The van der Waals surface area contributed by atoms with Gasteiger partial charge in [-0.25, -0.2) is 9.78 Å². The van der Waals surface area contributed by atoms with Crippen LogP contribution in [0, 0.1) is 5.92 Å². The van der Waals surface area contributed by atoms with Crippen LogP contribution in [0.3, 0.4) is 0 Å². The lowest BCUT2D eigenvalue weighted by molar-refractivity contribution is -0.174. The number of anilines is 2. The van der Waals surface area contributed by atoms with E-state index >= 15 is 0 Å². The molecule has 1 heterocycles. The molecular weight excluding hydrogens is 616 g/mol. The third-order valence-corrected chi connectivity index (χ3v) is 6.00. The molecule has 45 heavy (non-hydrogen) atoms. The normalized spacial score (nSPS) is 12.3. The Morgan fingerprint density at radius 2 is 1.51 bits per heavy atom. The first-order valence-corrected chi connectivity index (χ1v) is 12.9. The molecular formula is C28H25F6N5O6. The van der Waals surface area contributed by atoms with Gasteiger partial charge in [0.2, 0.25) is 5.91 Å². The van der Waals surface area contributed by atoms with Crippen molar-refractivity contribution in [1.82, 2.24) is 14.9 Å². The lowest BCUT2D eigenvalue weighted by Gasteiger charge is -2.23. The molecule has 3 rings (SSSR count). The van der Waals surface area contributed by atoms with Crippen molar-refractivity contribution in [2.75, 3.05) is 10.6 Å². The first-order chi connectivity index (χ1) is 21.0. The van der Waals surface area contributed by atoms with Gasteiger partial charge in [0.15, 0.2) is 0 Å². The number of hydrogen-bond acceptors (Lipinski definition) is 7. The summed E-state index contributed by atoms with van der Waals surface area (Å²) in [5, 5.41) is 5.75. The molecule has 1 atom stereocenters. The van der Waals surface area contributed by atoms with Gasteiger partial charge in [-0.3, -0.25) is 29.1 Å². The average molecular weight is 642 g/mol. The van der Waals surface area contributed by atoms with Crippen LogP contribution in [0.4, 0.5) is 42.5 Å². The molecule has 0 bridgehead atoms. The molecule has 11 nitrogen and oxygen atoms in total. The second-order valence-corrected chi connectivity index (χ2v) is 9.75. The van der Waals surface area contributed by atoms with Gasteiger partial charge in [-0.1, -0.05) is 44.2 Å². The van der Waals surface area contributed by atoms with Crippen LogP contribution in [0.25, 0.3) is 11.4 Å². The Hall–Kier alpha value is -5.22. The molecule has 17 heteroatoms. The van der Waals surface area contributed by atoms with Gasteiger partial charge in [0.1, 0.15) is 24.7 Å². The Kier molecular flexibility index (Phi) is 10.7. The van der Waals surface area contributed by atoms with E-state index in [0.717, 1.165) is 30.5 Å². The van der Waals surface area contributed by atoms with Gasteiger partial charge in [0.05, 0.1) is 12.2 Å². The molecule has 1 unspecified atom stereocenters. The van der Waals surface area contributed by atoms with E-state index in [-0.39, 0.29) is 23.7 Å². The van der Waals surface area contributed by atoms with E-state index in [2.05, 4.69) is 10.3 Å². The highest BCUT2D eigenvalue weighted by Crippen LogP contribution is 2.23. The summed E-state index contributed by atoms with van der Waals surface area (Å²) in [5.74, 6) is -6.96. The molecule has 0 radical (unpaired) electrons. The zero-order valence-corrected chi connectivity index (χ0v) is 23.5. The Morgan fingerprint density at radius 3 is 2.07 bits per heavy atom. The van der Waals surface area contributed by atoms with Gasteiger partial charge in [-0.15, -0.1) is 0 Å². The number of hydrogen-bond donors (Lipinski definition) is 3. The minimum atomic E-state index is -5.26. The monoisotopic (exact) mass is 641 g/mol. The van der Waals surface area contributed by atoms with Crippen LogP contribution in [0.5, 0.6) is 0 Å². The second-order valence-electron chi connectivity index (χ2n) is 9.75. The number of alkyl halides is 6. The number of Topliss-reactive ketones (excluding diaryl/α,β-unsaturated/α-hetero) is 1. The summed E-state index contributed by atoms with van der Waals surface area (Å²) >= 11 is 0. The number of ketones is 1. The number of aromatic nitrogens is 2. The number of nitrogens with zero attached hydrogens (tertiary/aromatic N) is 2. The van der Waals surface area contributed by atoms with Gasteiger partial charge in [-0.2, -0.15) is 26.3 Å². The van der Waals surface area contributed by atoms with Crippen molar-refractivity contribution < 1.29 is 50.3 Å². The van der Waals surface area contributed by atoms with E-state index in [1.807, 2.05) is 5.32 Å². The van der Waals surface area contributed by atoms with E-state index in [9.17, 15) is 50.3 Å². The molecule has 240 valence electrons. The van der Waals surface area contributed by atoms with Crippen molar-refractivity contribution in [2.45, 2.75) is 45.4 Å². The van der Waals surface area contributed by atoms with Crippen LogP contribution in [-0.2, 0) is 32.3 Å². The molecule has 0 fully saturated rings. The molecule has 3 N–H and O–H groups in total. The van der Waals surface area contributed by atoms with Crippen molar-refractivity contribution in [1.29, 1.82) is 0 Å². The highest BCUT2D eigenvalue weighted by molar-refractivity contribution is 5.95. The summed E-state index contributed by atoms with van der Waals surface area (Å²) in [6.45, 7) is 1.36. The average Bonchev–Trinajstić information content (AvgIpc) is 2.96. The fraction of sp³-hybridized carbons (Fsp3) is 0.286. The van der Waals surface area contributed by atoms with E-state index in [1.165, 1.54) is 13.8 Å². The lowest BCUT2D eigenvalue weighted by atomic mass is 9.99. The Balaban J connectivity index is 1.94. The maximum atomic E-state index is 13.4.